The van der Waals surface area contributed by atoms with Crippen LogP contribution in [0.3, 0.4) is 0 Å². The van der Waals surface area contributed by atoms with E-state index in [0.29, 0.717) is 10.7 Å². The maximum atomic E-state index is 12.6. The average molecular weight is 408 g/mol. The first-order chi connectivity index (χ1) is 13.6. The van der Waals surface area contributed by atoms with Crippen molar-refractivity contribution in [3.05, 3.63) is 70.5 Å². The molecule has 4 aromatic rings. The highest BCUT2D eigenvalue weighted by atomic mass is 32.1. The first-order valence-corrected chi connectivity index (χ1v) is 10.3. The molecule has 7 heteroatoms. The van der Waals surface area contributed by atoms with E-state index in [1.165, 1.54) is 11.3 Å². The van der Waals surface area contributed by atoms with E-state index in [2.05, 4.69) is 15.3 Å². The highest BCUT2D eigenvalue weighted by molar-refractivity contribution is 7.14. The molecule has 2 aromatic carbocycles. The standard InChI is InChI=1S/C21H17N3O2S2/c1-13-11-27-20(22-13)15-9-7-14(8-10-15)19(25)24-21-23-17(12-28-21)16-5-3-4-6-18(16)26-2/h3-12H,1-2H3,(H,23,24,25). The zero-order chi connectivity index (χ0) is 19.5. The number of aryl methyl sites for hydroxylation is 1. The Kier molecular flexibility index (Phi) is 5.18. The number of methoxy groups -OCH3 is 1. The second-order valence-corrected chi connectivity index (χ2v) is 7.78. The molecule has 28 heavy (non-hydrogen) atoms. The van der Waals surface area contributed by atoms with Crippen molar-refractivity contribution in [2.45, 2.75) is 6.92 Å². The Morgan fingerprint density at radius 2 is 1.79 bits per heavy atom. The number of rotatable bonds is 5. The summed E-state index contributed by atoms with van der Waals surface area (Å²) in [6.45, 7) is 1.97. The summed E-state index contributed by atoms with van der Waals surface area (Å²) in [7, 11) is 1.63. The molecule has 1 N–H and O–H groups in total. The van der Waals surface area contributed by atoms with Crippen molar-refractivity contribution in [2.24, 2.45) is 0 Å². The monoisotopic (exact) mass is 407 g/mol. The van der Waals surface area contributed by atoms with Crippen molar-refractivity contribution < 1.29 is 9.53 Å². The minimum Gasteiger partial charge on any atom is -0.496 e. The number of nitrogens with one attached hydrogen (secondary N) is 1. The summed E-state index contributed by atoms with van der Waals surface area (Å²) < 4.78 is 5.38. The number of amides is 1. The van der Waals surface area contributed by atoms with Crippen LogP contribution < -0.4 is 10.1 Å². The number of anilines is 1. The Hall–Kier alpha value is -3.03. The third-order valence-corrected chi connectivity index (χ3v) is 5.89. The number of benzene rings is 2. The van der Waals surface area contributed by atoms with Crippen molar-refractivity contribution in [3.63, 3.8) is 0 Å². The minimum absolute atomic E-state index is 0.192. The Morgan fingerprint density at radius 3 is 2.50 bits per heavy atom. The highest BCUT2D eigenvalue weighted by Crippen LogP contribution is 2.32. The maximum absolute atomic E-state index is 12.6. The minimum atomic E-state index is -0.192. The van der Waals surface area contributed by atoms with Gasteiger partial charge in [0.15, 0.2) is 5.13 Å². The summed E-state index contributed by atoms with van der Waals surface area (Å²) in [6.07, 6.45) is 0. The third-order valence-electron chi connectivity index (χ3n) is 4.12. The molecule has 1 amide bonds. The van der Waals surface area contributed by atoms with Gasteiger partial charge >= 0.3 is 0 Å². The van der Waals surface area contributed by atoms with Crippen LogP contribution in [0.5, 0.6) is 5.75 Å². The van der Waals surface area contributed by atoms with Crippen molar-refractivity contribution >= 4 is 33.7 Å². The number of ether oxygens (including phenoxy) is 1. The summed E-state index contributed by atoms with van der Waals surface area (Å²) in [5.74, 6) is 0.557. The van der Waals surface area contributed by atoms with Gasteiger partial charge in [-0.15, -0.1) is 22.7 Å². The van der Waals surface area contributed by atoms with Crippen molar-refractivity contribution in [1.29, 1.82) is 0 Å². The van der Waals surface area contributed by atoms with Crippen LogP contribution in [-0.2, 0) is 0 Å². The van der Waals surface area contributed by atoms with Gasteiger partial charge in [0.2, 0.25) is 0 Å². The molecule has 0 saturated carbocycles. The zero-order valence-electron chi connectivity index (χ0n) is 15.3. The van der Waals surface area contributed by atoms with Gasteiger partial charge < -0.3 is 4.74 Å². The lowest BCUT2D eigenvalue weighted by Gasteiger charge is -2.05. The summed E-state index contributed by atoms with van der Waals surface area (Å²) >= 11 is 2.98. The molecule has 2 heterocycles. The molecule has 0 aliphatic rings. The van der Waals surface area contributed by atoms with Gasteiger partial charge in [0, 0.05) is 33.1 Å². The molecule has 0 aliphatic carbocycles. The van der Waals surface area contributed by atoms with E-state index < -0.39 is 0 Å². The van der Waals surface area contributed by atoms with Gasteiger partial charge in [-0.2, -0.15) is 0 Å². The van der Waals surface area contributed by atoms with Gasteiger partial charge in [-0.25, -0.2) is 9.97 Å². The second-order valence-electron chi connectivity index (χ2n) is 6.06. The summed E-state index contributed by atoms with van der Waals surface area (Å²) in [6, 6.07) is 15.1. The Bertz CT molecular complexity index is 1120. The van der Waals surface area contributed by atoms with E-state index >= 15 is 0 Å². The Morgan fingerprint density at radius 1 is 1.00 bits per heavy atom. The van der Waals surface area contributed by atoms with Gasteiger partial charge in [-0.3, -0.25) is 10.1 Å². The number of carbonyl (C=O) groups is 1. The van der Waals surface area contributed by atoms with E-state index in [1.54, 1.807) is 30.6 Å². The smallest absolute Gasteiger partial charge is 0.257 e. The van der Waals surface area contributed by atoms with E-state index in [0.717, 1.165) is 33.3 Å². The number of aromatic nitrogens is 2. The van der Waals surface area contributed by atoms with E-state index in [9.17, 15) is 4.79 Å². The average Bonchev–Trinajstić information content (AvgIpc) is 3.37. The fourth-order valence-electron chi connectivity index (χ4n) is 2.73. The third kappa shape index (κ3) is 3.81. The zero-order valence-corrected chi connectivity index (χ0v) is 16.9. The number of nitrogens with zero attached hydrogens (tertiary/aromatic N) is 2. The van der Waals surface area contributed by atoms with Crippen molar-refractivity contribution in [2.75, 3.05) is 12.4 Å². The molecule has 140 valence electrons. The lowest BCUT2D eigenvalue weighted by atomic mass is 10.1. The summed E-state index contributed by atoms with van der Waals surface area (Å²) in [5.41, 5.74) is 4.24. The molecule has 2 aromatic heterocycles. The molecular formula is C21H17N3O2S2. The van der Waals surface area contributed by atoms with Crippen molar-refractivity contribution in [3.8, 4) is 27.6 Å². The number of hydrogen-bond acceptors (Lipinski definition) is 6. The molecule has 5 nitrogen and oxygen atoms in total. The Balaban J connectivity index is 1.49. The normalized spacial score (nSPS) is 10.6. The number of carbonyl (C=O) groups excluding carboxylic acids is 1. The quantitative estimate of drug-likeness (QED) is 0.474. The van der Waals surface area contributed by atoms with E-state index in [1.807, 2.05) is 54.1 Å². The van der Waals surface area contributed by atoms with Crippen LogP contribution in [0.15, 0.2) is 59.3 Å². The number of para-hydroxylation sites is 1. The fraction of sp³-hybridized carbons (Fsp3) is 0.0952. The SMILES string of the molecule is COc1ccccc1-c1csc(NC(=O)c2ccc(-c3nc(C)cs3)cc2)n1. The van der Waals surface area contributed by atoms with Crippen LogP contribution >= 0.6 is 22.7 Å². The predicted octanol–water partition coefficient (Wildman–Crippen LogP) is 5.50. The van der Waals surface area contributed by atoms with Gasteiger partial charge in [0.05, 0.1) is 12.8 Å². The largest absolute Gasteiger partial charge is 0.496 e. The van der Waals surface area contributed by atoms with E-state index in [4.69, 9.17) is 4.74 Å². The Labute approximate surface area is 170 Å². The fourth-order valence-corrected chi connectivity index (χ4v) is 4.24. The summed E-state index contributed by atoms with van der Waals surface area (Å²) in [4.78, 5) is 21.5. The first-order valence-electron chi connectivity index (χ1n) is 8.57. The van der Waals surface area contributed by atoms with Gasteiger partial charge in [-0.05, 0) is 31.2 Å². The maximum Gasteiger partial charge on any atom is 0.257 e. The van der Waals surface area contributed by atoms with E-state index in [-0.39, 0.29) is 5.91 Å². The number of thiazole rings is 2. The lowest BCUT2D eigenvalue weighted by Crippen LogP contribution is -2.11. The molecule has 0 saturated heterocycles. The van der Waals surface area contributed by atoms with Crippen LogP contribution in [-0.4, -0.2) is 23.0 Å². The summed E-state index contributed by atoms with van der Waals surface area (Å²) in [5, 5.41) is 8.28. The first kappa shape index (κ1) is 18.3. The van der Waals surface area contributed by atoms with Crippen LogP contribution in [0, 0.1) is 6.92 Å². The molecular weight excluding hydrogens is 390 g/mol. The molecule has 0 atom stereocenters. The predicted molar refractivity (Wildman–Crippen MR) is 114 cm³/mol. The van der Waals surface area contributed by atoms with Crippen molar-refractivity contribution in [1.82, 2.24) is 9.97 Å². The van der Waals surface area contributed by atoms with Gasteiger partial charge in [0.25, 0.3) is 5.91 Å². The molecule has 0 spiro atoms. The lowest BCUT2D eigenvalue weighted by molar-refractivity contribution is 0.102. The molecule has 0 radical (unpaired) electrons. The topological polar surface area (TPSA) is 64.1 Å². The molecule has 4 rings (SSSR count). The molecule has 0 unspecified atom stereocenters. The highest BCUT2D eigenvalue weighted by Gasteiger charge is 2.13. The van der Waals surface area contributed by atoms with Gasteiger partial charge in [0.1, 0.15) is 10.8 Å². The van der Waals surface area contributed by atoms with Gasteiger partial charge in [-0.1, -0.05) is 24.3 Å². The molecule has 0 aliphatic heterocycles. The van der Waals surface area contributed by atoms with Crippen LogP contribution in [0.1, 0.15) is 16.1 Å². The number of hydrogen-bond donors (Lipinski definition) is 1. The van der Waals surface area contributed by atoms with Crippen LogP contribution in [0.25, 0.3) is 21.8 Å². The second kappa shape index (κ2) is 7.92. The van der Waals surface area contributed by atoms with Crippen LogP contribution in [0.2, 0.25) is 0 Å². The molecule has 0 fully saturated rings. The molecule has 0 bridgehead atoms. The van der Waals surface area contributed by atoms with Crippen LogP contribution in [0.4, 0.5) is 5.13 Å².